The first-order valence-electron chi connectivity index (χ1n) is 12.0. The molecule has 0 aliphatic heterocycles. The van der Waals surface area contributed by atoms with Gasteiger partial charge < -0.3 is 9.73 Å². The molecule has 0 atom stereocenters. The smallest absolute Gasteiger partial charge is 0.355 e. The Hall–Kier alpha value is -3.58. The Balaban J connectivity index is 1.43. The molecule has 0 fully saturated rings. The van der Waals surface area contributed by atoms with Crippen LogP contribution in [0.1, 0.15) is 54.8 Å². The fourth-order valence-electron chi connectivity index (χ4n) is 3.84. The van der Waals surface area contributed by atoms with Gasteiger partial charge in [0.25, 0.3) is 5.91 Å². The van der Waals surface area contributed by atoms with Crippen molar-refractivity contribution in [2.24, 2.45) is 0 Å². The molecule has 0 bridgehead atoms. The van der Waals surface area contributed by atoms with Gasteiger partial charge in [0.15, 0.2) is 5.75 Å². The molecule has 0 aliphatic rings. The zero-order chi connectivity index (χ0) is 25.5. The van der Waals surface area contributed by atoms with Gasteiger partial charge in [0.05, 0.1) is 10.0 Å². The lowest BCUT2D eigenvalue weighted by Crippen LogP contribution is -2.23. The molecule has 4 aromatic rings. The highest BCUT2D eigenvalue weighted by Crippen LogP contribution is 2.31. The van der Waals surface area contributed by atoms with Crippen LogP contribution in [0, 0.1) is 0 Å². The van der Waals surface area contributed by atoms with Crippen molar-refractivity contribution in [1.29, 1.82) is 0 Å². The molecule has 0 spiro atoms. The first-order chi connectivity index (χ1) is 17.5. The fraction of sp³-hybridized carbons (Fsp3) is 0.241. The highest BCUT2D eigenvalue weighted by molar-refractivity contribution is 9.10. The molecular formula is C29H28BrNO5. The van der Waals surface area contributed by atoms with Crippen molar-refractivity contribution >= 4 is 38.8 Å². The van der Waals surface area contributed by atoms with E-state index in [1.165, 1.54) is 0 Å². The maximum atomic E-state index is 13.1. The highest BCUT2D eigenvalue weighted by Gasteiger charge is 2.20. The van der Waals surface area contributed by atoms with Crippen LogP contribution in [0.4, 0.5) is 0 Å². The maximum Gasteiger partial charge on any atom is 0.355 e. The third kappa shape index (κ3) is 5.97. The van der Waals surface area contributed by atoms with E-state index in [0.29, 0.717) is 22.3 Å². The number of unbranched alkanes of at least 4 members (excludes halogenated alkanes) is 1. The molecule has 0 radical (unpaired) electrons. The number of fused-ring (bicyclic) bond motifs is 1. The van der Waals surface area contributed by atoms with Crippen molar-refractivity contribution in [2.45, 2.75) is 46.1 Å². The highest BCUT2D eigenvalue weighted by atomic mass is 79.9. The van der Waals surface area contributed by atoms with Gasteiger partial charge in [-0.2, -0.15) is 0 Å². The quantitative estimate of drug-likeness (QED) is 0.165. The topological polar surface area (TPSA) is 77.8 Å². The van der Waals surface area contributed by atoms with Crippen LogP contribution in [-0.4, -0.2) is 11.9 Å². The number of rotatable bonds is 10. The van der Waals surface area contributed by atoms with Crippen molar-refractivity contribution in [3.05, 3.63) is 88.1 Å². The third-order valence-corrected chi connectivity index (χ3v) is 6.46. The first-order valence-corrected chi connectivity index (χ1v) is 12.8. The predicted octanol–water partition coefficient (Wildman–Crippen LogP) is 7.38. The van der Waals surface area contributed by atoms with Crippen molar-refractivity contribution in [3.8, 4) is 16.9 Å². The molecule has 1 heterocycles. The standard InChI is InChI=1S/C29H28BrNO5/c1-3-5-9-26-28(22-8-6-7-10-24(22)34-26)29(33)31-18-19-11-13-20(14-12-19)21-15-16-25(23(30)17-21)35-36-27(32)4-2/h6-8,10-17H,3-5,9,18H2,1-2H3,(H,31,33). The number of para-hydroxylation sites is 1. The Labute approximate surface area is 218 Å². The number of halogens is 1. The van der Waals surface area contributed by atoms with Crippen molar-refractivity contribution < 1.29 is 23.8 Å². The van der Waals surface area contributed by atoms with E-state index in [1.54, 1.807) is 13.0 Å². The minimum Gasteiger partial charge on any atom is -0.460 e. The molecule has 7 heteroatoms. The molecule has 1 N–H and O–H groups in total. The van der Waals surface area contributed by atoms with Crippen LogP contribution in [-0.2, 0) is 22.6 Å². The van der Waals surface area contributed by atoms with Crippen LogP contribution in [0.15, 0.2) is 75.6 Å². The van der Waals surface area contributed by atoms with E-state index < -0.39 is 5.97 Å². The second kappa shape index (κ2) is 11.9. The molecule has 1 aromatic heterocycles. The van der Waals surface area contributed by atoms with E-state index in [1.807, 2.05) is 60.7 Å². The minimum atomic E-state index is -0.438. The van der Waals surface area contributed by atoms with E-state index in [4.69, 9.17) is 14.2 Å². The van der Waals surface area contributed by atoms with Crippen molar-refractivity contribution in [3.63, 3.8) is 0 Å². The lowest BCUT2D eigenvalue weighted by molar-refractivity contribution is -0.213. The van der Waals surface area contributed by atoms with Gasteiger partial charge >= 0.3 is 5.97 Å². The summed E-state index contributed by atoms with van der Waals surface area (Å²) in [4.78, 5) is 34.3. The Morgan fingerprint density at radius 2 is 1.72 bits per heavy atom. The summed E-state index contributed by atoms with van der Waals surface area (Å²) in [5.74, 6) is 0.600. The number of amides is 1. The molecule has 4 rings (SSSR count). The fourth-order valence-corrected chi connectivity index (χ4v) is 4.29. The van der Waals surface area contributed by atoms with E-state index in [0.717, 1.165) is 52.7 Å². The molecule has 0 saturated carbocycles. The lowest BCUT2D eigenvalue weighted by Gasteiger charge is -2.09. The SMILES string of the molecule is CCCCc1oc2ccccc2c1C(=O)NCc1ccc(-c2ccc(OOC(=O)CC)c(Br)c2)cc1. The van der Waals surface area contributed by atoms with E-state index in [2.05, 4.69) is 28.2 Å². The Kier molecular flexibility index (Phi) is 8.44. The Bertz CT molecular complexity index is 1360. The molecule has 36 heavy (non-hydrogen) atoms. The number of carbonyl (C=O) groups is 2. The summed E-state index contributed by atoms with van der Waals surface area (Å²) < 4.78 is 6.66. The van der Waals surface area contributed by atoms with E-state index in [-0.39, 0.29) is 12.3 Å². The number of aryl methyl sites for hydroxylation is 1. The molecule has 186 valence electrons. The predicted molar refractivity (Wildman–Crippen MR) is 143 cm³/mol. The summed E-state index contributed by atoms with van der Waals surface area (Å²) in [6.07, 6.45) is 2.97. The van der Waals surface area contributed by atoms with Crippen LogP contribution in [0.2, 0.25) is 0 Å². The largest absolute Gasteiger partial charge is 0.460 e. The van der Waals surface area contributed by atoms with Crippen LogP contribution >= 0.6 is 15.9 Å². The molecule has 0 unspecified atom stereocenters. The van der Waals surface area contributed by atoms with Crippen molar-refractivity contribution in [2.75, 3.05) is 0 Å². The van der Waals surface area contributed by atoms with Gasteiger partial charge in [-0.05, 0) is 57.2 Å². The molecule has 3 aromatic carbocycles. The lowest BCUT2D eigenvalue weighted by atomic mass is 10.0. The zero-order valence-corrected chi connectivity index (χ0v) is 21.9. The van der Waals surface area contributed by atoms with Crippen LogP contribution < -0.4 is 10.2 Å². The van der Waals surface area contributed by atoms with Gasteiger partial charge in [0.1, 0.15) is 11.3 Å². The molecule has 0 aliphatic carbocycles. The maximum absolute atomic E-state index is 13.1. The Morgan fingerprint density at radius 3 is 2.44 bits per heavy atom. The number of furan rings is 1. The average molecular weight is 550 g/mol. The van der Waals surface area contributed by atoms with Crippen LogP contribution in [0.5, 0.6) is 5.75 Å². The minimum absolute atomic E-state index is 0.126. The Morgan fingerprint density at radius 1 is 0.972 bits per heavy atom. The monoisotopic (exact) mass is 549 g/mol. The van der Waals surface area contributed by atoms with Gasteiger partial charge in [-0.25, -0.2) is 4.79 Å². The van der Waals surface area contributed by atoms with Gasteiger partial charge in [0.2, 0.25) is 0 Å². The summed E-state index contributed by atoms with van der Waals surface area (Å²) in [6.45, 7) is 4.23. The summed E-state index contributed by atoms with van der Waals surface area (Å²) >= 11 is 3.46. The van der Waals surface area contributed by atoms with E-state index in [9.17, 15) is 9.59 Å². The summed E-state index contributed by atoms with van der Waals surface area (Å²) in [7, 11) is 0. The van der Waals surface area contributed by atoms with Crippen LogP contribution in [0.3, 0.4) is 0 Å². The number of nitrogens with one attached hydrogen (secondary N) is 1. The second-order valence-corrected chi connectivity index (χ2v) is 9.27. The van der Waals surface area contributed by atoms with Crippen molar-refractivity contribution in [1.82, 2.24) is 5.32 Å². The zero-order valence-electron chi connectivity index (χ0n) is 20.3. The summed E-state index contributed by atoms with van der Waals surface area (Å²) in [6, 6.07) is 21.2. The number of benzene rings is 3. The first kappa shape index (κ1) is 25.5. The van der Waals surface area contributed by atoms with E-state index >= 15 is 0 Å². The average Bonchev–Trinajstić information content (AvgIpc) is 3.28. The molecular weight excluding hydrogens is 522 g/mol. The second-order valence-electron chi connectivity index (χ2n) is 8.42. The number of hydrogen-bond donors (Lipinski definition) is 1. The number of hydrogen-bond acceptors (Lipinski definition) is 5. The summed E-state index contributed by atoms with van der Waals surface area (Å²) in [5, 5.41) is 3.90. The van der Waals surface area contributed by atoms with Gasteiger partial charge in [-0.15, -0.1) is 0 Å². The normalized spacial score (nSPS) is 10.9. The number of carbonyl (C=O) groups excluding carboxylic acids is 2. The molecule has 1 amide bonds. The van der Waals surface area contributed by atoms with Gasteiger partial charge in [-0.3, -0.25) is 14.6 Å². The molecule has 6 nitrogen and oxygen atoms in total. The molecule has 0 saturated heterocycles. The third-order valence-electron chi connectivity index (χ3n) is 5.84. The van der Waals surface area contributed by atoms with Crippen LogP contribution in [0.25, 0.3) is 22.1 Å². The van der Waals surface area contributed by atoms with Gasteiger partial charge in [0, 0.05) is 24.8 Å². The summed E-state index contributed by atoms with van der Waals surface area (Å²) in [5.41, 5.74) is 4.33. The van der Waals surface area contributed by atoms with Gasteiger partial charge in [-0.1, -0.05) is 68.8 Å².